The topological polar surface area (TPSA) is 64.7 Å². The maximum Gasteiger partial charge on any atom is 0.164 e. The minimum atomic E-state index is 0.604. The van der Waals surface area contributed by atoms with Crippen LogP contribution in [0.15, 0.2) is 247 Å². The zero-order chi connectivity index (χ0) is 44.5. The second-order valence-corrected chi connectivity index (χ2v) is 16.6. The summed E-state index contributed by atoms with van der Waals surface area (Å²) >= 11 is 0. The van der Waals surface area contributed by atoms with Gasteiger partial charge in [-0.2, -0.15) is 0 Å². The average Bonchev–Trinajstić information content (AvgIpc) is 3.83. The van der Waals surface area contributed by atoms with Gasteiger partial charge < -0.3 is 4.42 Å². The molecule has 5 heteroatoms. The number of para-hydroxylation sites is 1. The van der Waals surface area contributed by atoms with E-state index in [1.165, 1.54) is 0 Å². The van der Waals surface area contributed by atoms with Gasteiger partial charge in [-0.1, -0.05) is 200 Å². The molecule has 3 heterocycles. The molecule has 9 aromatic carbocycles. The van der Waals surface area contributed by atoms with Crippen molar-refractivity contribution < 1.29 is 4.42 Å². The van der Waals surface area contributed by atoms with E-state index in [9.17, 15) is 0 Å². The predicted molar refractivity (Wildman–Crippen MR) is 274 cm³/mol. The normalized spacial score (nSPS) is 11.3. The number of furan rings is 1. The van der Waals surface area contributed by atoms with Crippen LogP contribution in [0.3, 0.4) is 0 Å². The molecule has 0 unspecified atom stereocenters. The molecule has 0 radical (unpaired) electrons. The molecular formula is C62H40N4O. The lowest BCUT2D eigenvalue weighted by atomic mass is 9.90. The van der Waals surface area contributed by atoms with E-state index in [1.807, 2.05) is 72.8 Å². The van der Waals surface area contributed by atoms with Gasteiger partial charge in [-0.25, -0.2) is 19.9 Å². The lowest BCUT2D eigenvalue weighted by Gasteiger charge is -2.13. The van der Waals surface area contributed by atoms with E-state index in [1.54, 1.807) is 0 Å². The molecule has 0 bridgehead atoms. The van der Waals surface area contributed by atoms with Crippen LogP contribution in [0.5, 0.6) is 0 Å². The summed E-state index contributed by atoms with van der Waals surface area (Å²) in [6, 6.07) is 84.0. The van der Waals surface area contributed by atoms with Gasteiger partial charge in [0.05, 0.1) is 16.6 Å². The van der Waals surface area contributed by atoms with Crippen molar-refractivity contribution in [2.24, 2.45) is 0 Å². The number of hydrogen-bond donors (Lipinski definition) is 0. The Labute approximate surface area is 388 Å². The first-order valence-electron chi connectivity index (χ1n) is 22.5. The molecule has 3 aromatic heterocycles. The Morgan fingerprint density at radius 1 is 0.269 bits per heavy atom. The number of hydrogen-bond acceptors (Lipinski definition) is 5. The molecule has 0 N–H and O–H groups in total. The zero-order valence-electron chi connectivity index (χ0n) is 36.3. The molecule has 0 aliphatic carbocycles. The second-order valence-electron chi connectivity index (χ2n) is 16.6. The molecule has 12 aromatic rings. The van der Waals surface area contributed by atoms with Gasteiger partial charge in [0.2, 0.25) is 0 Å². The third kappa shape index (κ3) is 7.64. The van der Waals surface area contributed by atoms with Crippen molar-refractivity contribution in [2.45, 2.75) is 0 Å². The molecule has 0 spiro atoms. The van der Waals surface area contributed by atoms with E-state index in [0.717, 1.165) is 106 Å². The summed E-state index contributed by atoms with van der Waals surface area (Å²) in [7, 11) is 0. The Kier molecular flexibility index (Phi) is 10.1. The van der Waals surface area contributed by atoms with Crippen molar-refractivity contribution in [3.8, 4) is 101 Å². The maximum absolute atomic E-state index is 7.35. The fraction of sp³-hybridized carbons (Fsp3) is 0. The third-order valence-electron chi connectivity index (χ3n) is 12.3. The number of benzene rings is 9. The van der Waals surface area contributed by atoms with Crippen molar-refractivity contribution in [1.82, 2.24) is 19.9 Å². The Balaban J connectivity index is 1.08. The summed E-state index contributed by atoms with van der Waals surface area (Å²) < 4.78 is 7.35. The van der Waals surface area contributed by atoms with Crippen LogP contribution < -0.4 is 0 Å². The molecular weight excluding hydrogens is 817 g/mol. The molecule has 5 nitrogen and oxygen atoms in total. The van der Waals surface area contributed by atoms with Gasteiger partial charge in [-0.3, -0.25) is 0 Å². The van der Waals surface area contributed by atoms with E-state index in [4.69, 9.17) is 24.4 Å². The molecule has 67 heavy (non-hydrogen) atoms. The standard InChI is InChI=1S/C62H40N4O/c1-6-20-41(21-7-1)50-38-51(42-22-8-2-9-23-42)40-52(39-50)58-55(56-57(43-24-10-3-11-25-43)63-54-35-17-16-34-53(54)59(56)67-58)48-32-18-30-46(36-48)47-31-19-33-49(37-47)62-65-60(44-26-12-4-13-27-44)64-61(66-62)45-28-14-5-15-29-45/h1-40H. The SMILES string of the molecule is c1ccc(-c2cc(-c3ccccc3)cc(-c3oc4c(c(-c5ccccc5)nc5ccccc54)c3-c3cccc(-c4cccc(-c5nc(-c6ccccc6)nc(-c6ccccc6)n5)c4)c3)c2)cc1. The van der Waals surface area contributed by atoms with E-state index >= 15 is 0 Å². The average molecular weight is 857 g/mol. The van der Waals surface area contributed by atoms with E-state index in [0.29, 0.717) is 17.5 Å². The van der Waals surface area contributed by atoms with Gasteiger partial charge in [0, 0.05) is 38.8 Å². The zero-order valence-corrected chi connectivity index (χ0v) is 36.3. The summed E-state index contributed by atoms with van der Waals surface area (Å²) in [6.45, 7) is 0. The summed E-state index contributed by atoms with van der Waals surface area (Å²) in [5.74, 6) is 2.63. The molecule has 0 fully saturated rings. The van der Waals surface area contributed by atoms with Crippen LogP contribution in [0.4, 0.5) is 0 Å². The van der Waals surface area contributed by atoms with Gasteiger partial charge in [-0.15, -0.1) is 0 Å². The lowest BCUT2D eigenvalue weighted by molar-refractivity contribution is 0.636. The van der Waals surface area contributed by atoms with E-state index in [2.05, 4.69) is 170 Å². The molecule has 0 saturated carbocycles. The highest BCUT2D eigenvalue weighted by molar-refractivity contribution is 6.17. The van der Waals surface area contributed by atoms with E-state index in [-0.39, 0.29) is 0 Å². The maximum atomic E-state index is 7.35. The second kappa shape index (κ2) is 17.1. The molecule has 0 amide bonds. The Morgan fingerprint density at radius 3 is 1.21 bits per heavy atom. The highest BCUT2D eigenvalue weighted by atomic mass is 16.3. The summed E-state index contributed by atoms with van der Waals surface area (Å²) in [4.78, 5) is 20.4. The number of pyridine rings is 1. The van der Waals surface area contributed by atoms with Gasteiger partial charge in [0.25, 0.3) is 0 Å². The Morgan fingerprint density at radius 2 is 0.657 bits per heavy atom. The van der Waals surface area contributed by atoms with Crippen molar-refractivity contribution in [3.05, 3.63) is 243 Å². The number of nitrogens with zero attached hydrogens (tertiary/aromatic N) is 4. The highest BCUT2D eigenvalue weighted by Gasteiger charge is 2.26. The van der Waals surface area contributed by atoms with Crippen LogP contribution in [0.1, 0.15) is 0 Å². The fourth-order valence-corrected chi connectivity index (χ4v) is 9.05. The van der Waals surface area contributed by atoms with Crippen molar-refractivity contribution in [3.63, 3.8) is 0 Å². The lowest BCUT2D eigenvalue weighted by Crippen LogP contribution is -2.00. The number of fused-ring (bicyclic) bond motifs is 3. The highest BCUT2D eigenvalue weighted by Crippen LogP contribution is 2.48. The number of rotatable bonds is 9. The summed E-state index contributed by atoms with van der Waals surface area (Å²) in [5, 5.41) is 1.92. The first kappa shape index (κ1) is 39.5. The molecule has 0 atom stereocenters. The van der Waals surface area contributed by atoms with Crippen LogP contribution in [-0.4, -0.2) is 19.9 Å². The molecule has 0 saturated heterocycles. The molecule has 12 rings (SSSR count). The van der Waals surface area contributed by atoms with Crippen molar-refractivity contribution >= 4 is 21.9 Å². The van der Waals surface area contributed by atoms with Crippen LogP contribution >= 0.6 is 0 Å². The Bertz CT molecular complexity index is 3610. The van der Waals surface area contributed by atoms with Crippen LogP contribution in [0.25, 0.3) is 123 Å². The van der Waals surface area contributed by atoms with Gasteiger partial charge in [0.1, 0.15) is 11.3 Å². The smallest absolute Gasteiger partial charge is 0.164 e. The summed E-state index contributed by atoms with van der Waals surface area (Å²) in [6.07, 6.45) is 0. The van der Waals surface area contributed by atoms with Crippen LogP contribution in [0.2, 0.25) is 0 Å². The van der Waals surface area contributed by atoms with Gasteiger partial charge >= 0.3 is 0 Å². The van der Waals surface area contributed by atoms with Crippen molar-refractivity contribution in [1.29, 1.82) is 0 Å². The molecule has 0 aliphatic heterocycles. The first-order valence-corrected chi connectivity index (χ1v) is 22.5. The van der Waals surface area contributed by atoms with Gasteiger partial charge in [0.15, 0.2) is 17.5 Å². The largest absolute Gasteiger partial charge is 0.455 e. The predicted octanol–water partition coefficient (Wildman–Crippen LogP) is 16.2. The third-order valence-corrected chi connectivity index (χ3v) is 12.3. The van der Waals surface area contributed by atoms with Gasteiger partial charge in [-0.05, 0) is 81.4 Å². The molecule has 314 valence electrons. The quantitative estimate of drug-likeness (QED) is 0.145. The minimum Gasteiger partial charge on any atom is -0.455 e. The van der Waals surface area contributed by atoms with E-state index < -0.39 is 0 Å². The molecule has 0 aliphatic rings. The van der Waals surface area contributed by atoms with Crippen LogP contribution in [-0.2, 0) is 0 Å². The first-order chi connectivity index (χ1) is 33.2. The van der Waals surface area contributed by atoms with Crippen LogP contribution in [0, 0.1) is 0 Å². The Hall–Kier alpha value is -9.06. The summed E-state index contributed by atoms with van der Waals surface area (Å²) in [5.41, 5.74) is 15.8. The van der Waals surface area contributed by atoms with Crippen molar-refractivity contribution in [2.75, 3.05) is 0 Å². The minimum absolute atomic E-state index is 0.604. The number of aromatic nitrogens is 4. The fourth-order valence-electron chi connectivity index (χ4n) is 9.05. The monoisotopic (exact) mass is 856 g/mol.